The lowest BCUT2D eigenvalue weighted by Gasteiger charge is -2.37. The van der Waals surface area contributed by atoms with Crippen LogP contribution in [0.4, 0.5) is 0 Å². The van der Waals surface area contributed by atoms with Crippen LogP contribution in [0.15, 0.2) is 0 Å². The average Bonchev–Trinajstić information content (AvgIpc) is 2.08. The van der Waals surface area contributed by atoms with Gasteiger partial charge in [0.15, 0.2) is 6.29 Å². The van der Waals surface area contributed by atoms with Crippen molar-refractivity contribution in [3.63, 3.8) is 0 Å². The monoisotopic (exact) mass is 180 g/mol. The molecule has 1 fully saturated rings. The molecule has 0 spiro atoms. The molecule has 1 saturated heterocycles. The summed E-state index contributed by atoms with van der Waals surface area (Å²) in [5.41, 5.74) is 0. The molecule has 6 nitrogen and oxygen atoms in total. The van der Waals surface area contributed by atoms with Crippen LogP contribution in [-0.2, 0) is 4.74 Å². The van der Waals surface area contributed by atoms with Crippen LogP contribution in [0.5, 0.6) is 0 Å². The number of hydrogen-bond donors (Lipinski definition) is 5. The largest absolute Gasteiger partial charge is 0.394 e. The average molecular weight is 180 g/mol. The van der Waals surface area contributed by atoms with Crippen LogP contribution in [0, 0.1) is 0 Å². The van der Waals surface area contributed by atoms with E-state index < -0.39 is 37.3 Å². The van der Waals surface area contributed by atoms with E-state index in [-0.39, 0.29) is 0 Å². The third-order valence-corrected chi connectivity index (χ3v) is 1.87. The number of ether oxygens (including phenoxy) is 1. The molecule has 0 amide bonds. The lowest BCUT2D eigenvalue weighted by Crippen LogP contribution is -2.58. The molecule has 0 aromatic rings. The smallest absolute Gasteiger partial charge is 0.184 e. The molecule has 72 valence electrons. The first-order valence-corrected chi connectivity index (χ1v) is 3.56. The summed E-state index contributed by atoms with van der Waals surface area (Å²) in [5.74, 6) is 0. The highest BCUT2D eigenvalue weighted by Gasteiger charge is 2.42. The minimum absolute atomic E-state index is 0.526. The van der Waals surface area contributed by atoms with Crippen molar-refractivity contribution in [3.05, 3.63) is 0 Å². The third-order valence-electron chi connectivity index (χ3n) is 1.87. The molecule has 6 heteroatoms. The predicted octanol–water partition coefficient (Wildman–Crippen LogP) is -3.22. The molecule has 1 aliphatic rings. The van der Waals surface area contributed by atoms with Crippen molar-refractivity contribution < 1.29 is 30.3 Å². The Morgan fingerprint density at radius 2 is 1.50 bits per heavy atom. The van der Waals surface area contributed by atoms with Gasteiger partial charge in [-0.05, 0) is 0 Å². The Morgan fingerprint density at radius 1 is 0.917 bits per heavy atom. The van der Waals surface area contributed by atoms with Gasteiger partial charge in [-0.25, -0.2) is 0 Å². The van der Waals surface area contributed by atoms with Crippen molar-refractivity contribution in [2.75, 3.05) is 6.61 Å². The maximum absolute atomic E-state index is 9.12. The highest BCUT2D eigenvalue weighted by Crippen LogP contribution is 2.18. The van der Waals surface area contributed by atoms with Gasteiger partial charge in [0.05, 0.1) is 6.61 Å². The maximum Gasteiger partial charge on any atom is 0.184 e. The van der Waals surface area contributed by atoms with E-state index in [2.05, 4.69) is 4.74 Å². The summed E-state index contributed by atoms with van der Waals surface area (Å²) < 4.78 is 4.58. The van der Waals surface area contributed by atoms with E-state index >= 15 is 0 Å². The minimum atomic E-state index is -1.57. The van der Waals surface area contributed by atoms with Gasteiger partial charge >= 0.3 is 0 Å². The van der Waals surface area contributed by atoms with Crippen LogP contribution in [0.2, 0.25) is 0 Å². The molecule has 1 heterocycles. The summed E-state index contributed by atoms with van der Waals surface area (Å²) in [6.45, 7) is -0.526. The Morgan fingerprint density at radius 3 is 2.00 bits per heavy atom. The number of rotatable bonds is 1. The lowest BCUT2D eigenvalue weighted by molar-refractivity contribution is -0.286. The number of aliphatic hydroxyl groups is 5. The molecule has 0 saturated carbocycles. The Balaban J connectivity index is 2.63. The fourth-order valence-corrected chi connectivity index (χ4v) is 1.08. The number of hydrogen-bond acceptors (Lipinski definition) is 6. The molecule has 0 aromatic carbocycles. The second-order valence-electron chi connectivity index (χ2n) is 2.72. The fourth-order valence-electron chi connectivity index (χ4n) is 1.08. The van der Waals surface area contributed by atoms with Gasteiger partial charge < -0.3 is 30.3 Å². The summed E-state index contributed by atoms with van der Waals surface area (Å²) in [5, 5.41) is 44.7. The van der Waals surface area contributed by atoms with Crippen LogP contribution in [0.25, 0.3) is 0 Å². The van der Waals surface area contributed by atoms with E-state index in [1.807, 2.05) is 0 Å². The Kier molecular flexibility index (Phi) is 2.99. The van der Waals surface area contributed by atoms with Gasteiger partial charge in [0, 0.05) is 0 Å². The molecule has 0 aromatic heterocycles. The standard InChI is InChI=1S/C6H12O6/c7-1-2-3(8)4(9)5(10)6(11)12-2/h2-11H,1H2/t2-,3-,4-,5+,6-/m1/s1. The van der Waals surface area contributed by atoms with Crippen molar-refractivity contribution in [3.8, 4) is 0 Å². The first-order chi connectivity index (χ1) is 5.57. The van der Waals surface area contributed by atoms with Gasteiger partial charge in [0.2, 0.25) is 0 Å². The van der Waals surface area contributed by atoms with E-state index in [9.17, 15) is 0 Å². The molecule has 0 radical (unpaired) electrons. The fraction of sp³-hybridized carbons (Fsp3) is 1.00. The minimum Gasteiger partial charge on any atom is -0.394 e. The molecule has 5 atom stereocenters. The zero-order valence-corrected chi connectivity index (χ0v) is 6.24. The van der Waals surface area contributed by atoms with Crippen LogP contribution < -0.4 is 0 Å². The number of aliphatic hydroxyl groups excluding tert-OH is 5. The molecule has 12 heavy (non-hydrogen) atoms. The van der Waals surface area contributed by atoms with E-state index in [1.54, 1.807) is 0 Å². The van der Waals surface area contributed by atoms with E-state index in [4.69, 9.17) is 25.5 Å². The van der Waals surface area contributed by atoms with Crippen LogP contribution in [0.1, 0.15) is 0 Å². The maximum atomic E-state index is 9.12. The topological polar surface area (TPSA) is 110 Å². The van der Waals surface area contributed by atoms with Crippen molar-refractivity contribution >= 4 is 0 Å². The zero-order chi connectivity index (χ0) is 9.30. The second kappa shape index (κ2) is 3.65. The highest BCUT2D eigenvalue weighted by atomic mass is 16.6. The Bertz CT molecular complexity index is 146. The summed E-state index contributed by atoms with van der Waals surface area (Å²) in [6.07, 6.45) is -7.04. The molecular weight excluding hydrogens is 168 g/mol. The summed E-state index contributed by atoms with van der Waals surface area (Å²) in [7, 11) is 0. The Hall–Kier alpha value is -0.240. The first-order valence-electron chi connectivity index (χ1n) is 3.56. The van der Waals surface area contributed by atoms with E-state index in [0.29, 0.717) is 0 Å². The van der Waals surface area contributed by atoms with Gasteiger partial charge in [-0.1, -0.05) is 0 Å². The van der Waals surface area contributed by atoms with Gasteiger partial charge in [-0.3, -0.25) is 0 Å². The summed E-state index contributed by atoms with van der Waals surface area (Å²) >= 11 is 0. The summed E-state index contributed by atoms with van der Waals surface area (Å²) in [4.78, 5) is 0. The molecular formula is C6H12O6. The van der Waals surface area contributed by atoms with Gasteiger partial charge in [0.25, 0.3) is 0 Å². The van der Waals surface area contributed by atoms with E-state index in [1.165, 1.54) is 0 Å². The van der Waals surface area contributed by atoms with Crippen molar-refractivity contribution in [1.82, 2.24) is 0 Å². The third kappa shape index (κ3) is 1.58. The van der Waals surface area contributed by atoms with Gasteiger partial charge in [-0.2, -0.15) is 0 Å². The molecule has 1 aliphatic heterocycles. The molecule has 0 aliphatic carbocycles. The van der Waals surface area contributed by atoms with E-state index in [0.717, 1.165) is 0 Å². The molecule has 0 bridgehead atoms. The van der Waals surface area contributed by atoms with Gasteiger partial charge in [0.1, 0.15) is 24.4 Å². The first kappa shape index (κ1) is 9.85. The normalized spacial score (nSPS) is 49.2. The van der Waals surface area contributed by atoms with Gasteiger partial charge in [-0.15, -0.1) is 0 Å². The molecule has 5 N–H and O–H groups in total. The van der Waals surface area contributed by atoms with Crippen molar-refractivity contribution in [2.45, 2.75) is 30.7 Å². The van der Waals surface area contributed by atoms with Crippen molar-refractivity contribution in [2.24, 2.45) is 0 Å². The summed E-state index contributed by atoms with van der Waals surface area (Å²) in [6, 6.07) is 0. The molecule has 0 unspecified atom stereocenters. The lowest BCUT2D eigenvalue weighted by atomic mass is 10.00. The van der Waals surface area contributed by atoms with Crippen LogP contribution in [0.3, 0.4) is 0 Å². The van der Waals surface area contributed by atoms with Crippen LogP contribution >= 0.6 is 0 Å². The van der Waals surface area contributed by atoms with Crippen molar-refractivity contribution in [1.29, 1.82) is 0 Å². The second-order valence-corrected chi connectivity index (χ2v) is 2.72. The quantitative estimate of drug-likeness (QED) is 0.290. The van der Waals surface area contributed by atoms with Crippen LogP contribution in [-0.4, -0.2) is 62.8 Å². The zero-order valence-electron chi connectivity index (χ0n) is 6.24. The molecule has 1 rings (SSSR count). The highest BCUT2D eigenvalue weighted by molar-refractivity contribution is 4.87. The SMILES string of the molecule is OC[C@H]1O[C@@H](O)[C@@H](O)[C@H](O)[C@@H]1O. The predicted molar refractivity (Wildman–Crippen MR) is 36.0 cm³/mol. The Labute approximate surface area is 68.6 Å².